The van der Waals surface area contributed by atoms with Crippen molar-refractivity contribution in [2.24, 2.45) is 5.11 Å². The van der Waals surface area contributed by atoms with Gasteiger partial charge in [0.2, 0.25) is 5.69 Å². The summed E-state index contributed by atoms with van der Waals surface area (Å²) in [6.07, 6.45) is 0.947. The van der Waals surface area contributed by atoms with Crippen LogP contribution in [0.3, 0.4) is 0 Å². The van der Waals surface area contributed by atoms with Crippen molar-refractivity contribution in [3.63, 3.8) is 0 Å². The van der Waals surface area contributed by atoms with Crippen LogP contribution in [0.15, 0.2) is 53.6 Å². The van der Waals surface area contributed by atoms with Crippen LogP contribution in [0.25, 0.3) is 0 Å². The van der Waals surface area contributed by atoms with Crippen molar-refractivity contribution in [1.82, 2.24) is 0 Å². The highest BCUT2D eigenvalue weighted by atomic mass is 16.5. The minimum atomic E-state index is 0.456. The Bertz CT molecular complexity index is 607. The molecule has 5 heteroatoms. The molecule has 0 saturated carbocycles. The molecule has 0 aliphatic carbocycles. The second kappa shape index (κ2) is 8.02. The SMILES string of the molecule is CCCOc1ccc([N+]([O-])=Nc2ccc(OCC)cc2)cc1. The highest BCUT2D eigenvalue weighted by Crippen LogP contribution is 2.22. The van der Waals surface area contributed by atoms with E-state index < -0.39 is 0 Å². The van der Waals surface area contributed by atoms with Gasteiger partial charge in [0.25, 0.3) is 0 Å². The average Bonchev–Trinajstić information content (AvgIpc) is 2.55. The van der Waals surface area contributed by atoms with Gasteiger partial charge in [-0.3, -0.25) is 0 Å². The summed E-state index contributed by atoms with van der Waals surface area (Å²) in [6.45, 7) is 5.24. The molecule has 0 aromatic heterocycles. The maximum atomic E-state index is 12.0. The largest absolute Gasteiger partial charge is 0.594 e. The molecular formula is C17H20N2O3. The summed E-state index contributed by atoms with van der Waals surface area (Å²) in [5.74, 6) is 1.51. The molecule has 0 N–H and O–H groups in total. The number of rotatable bonds is 7. The quantitative estimate of drug-likeness (QED) is 0.419. The van der Waals surface area contributed by atoms with Crippen LogP contribution in [0.5, 0.6) is 11.5 Å². The first-order valence-corrected chi connectivity index (χ1v) is 7.37. The van der Waals surface area contributed by atoms with Crippen molar-refractivity contribution in [2.75, 3.05) is 13.2 Å². The van der Waals surface area contributed by atoms with Crippen molar-refractivity contribution >= 4 is 11.4 Å². The fourth-order valence-corrected chi connectivity index (χ4v) is 1.83. The first-order valence-electron chi connectivity index (χ1n) is 7.37. The summed E-state index contributed by atoms with van der Waals surface area (Å²) in [5.41, 5.74) is 1.03. The maximum Gasteiger partial charge on any atom is 0.245 e. The van der Waals surface area contributed by atoms with Crippen LogP contribution < -0.4 is 9.47 Å². The standard InChI is InChI=1S/C17H20N2O3/c1-3-13-22-17-11-7-15(8-12-17)19(20)18-14-5-9-16(10-6-14)21-4-2/h5-12H,3-4,13H2,1-2H3. The summed E-state index contributed by atoms with van der Waals surface area (Å²) in [5, 5.41) is 16.0. The zero-order chi connectivity index (χ0) is 15.8. The third-order valence-corrected chi connectivity index (χ3v) is 2.88. The average molecular weight is 300 g/mol. The molecule has 2 aromatic rings. The monoisotopic (exact) mass is 300 g/mol. The second-order valence-corrected chi connectivity index (χ2v) is 4.64. The fraction of sp³-hybridized carbons (Fsp3) is 0.294. The van der Waals surface area contributed by atoms with E-state index in [0.29, 0.717) is 29.4 Å². The molecule has 0 atom stereocenters. The molecule has 0 heterocycles. The first-order chi connectivity index (χ1) is 10.7. The lowest BCUT2D eigenvalue weighted by Gasteiger charge is -2.05. The van der Waals surface area contributed by atoms with Gasteiger partial charge in [-0.05, 0) is 49.7 Å². The number of hydrogen-bond acceptors (Lipinski definition) is 4. The minimum Gasteiger partial charge on any atom is -0.594 e. The van der Waals surface area contributed by atoms with E-state index >= 15 is 0 Å². The highest BCUT2D eigenvalue weighted by Gasteiger charge is 2.05. The van der Waals surface area contributed by atoms with Crippen LogP contribution in [0.4, 0.5) is 11.4 Å². The van der Waals surface area contributed by atoms with Gasteiger partial charge in [-0.1, -0.05) is 11.8 Å². The van der Waals surface area contributed by atoms with Gasteiger partial charge >= 0.3 is 0 Å². The first kappa shape index (κ1) is 15.8. The molecule has 0 amide bonds. The van der Waals surface area contributed by atoms with Crippen LogP contribution >= 0.6 is 0 Å². The Balaban J connectivity index is 2.07. The van der Waals surface area contributed by atoms with Crippen molar-refractivity contribution in [3.8, 4) is 11.5 Å². The summed E-state index contributed by atoms with van der Waals surface area (Å²) >= 11 is 0. The summed E-state index contributed by atoms with van der Waals surface area (Å²) < 4.78 is 10.8. The third kappa shape index (κ3) is 4.48. The van der Waals surface area contributed by atoms with E-state index in [2.05, 4.69) is 5.11 Å². The van der Waals surface area contributed by atoms with Crippen molar-refractivity contribution in [1.29, 1.82) is 0 Å². The summed E-state index contributed by atoms with van der Waals surface area (Å²) in [7, 11) is 0. The van der Waals surface area contributed by atoms with E-state index in [1.807, 2.05) is 13.8 Å². The summed E-state index contributed by atoms with van der Waals surface area (Å²) in [4.78, 5) is 0.597. The topological polar surface area (TPSA) is 56.9 Å². The van der Waals surface area contributed by atoms with E-state index in [1.165, 1.54) is 0 Å². The summed E-state index contributed by atoms with van der Waals surface area (Å²) in [6, 6.07) is 14.0. The molecule has 5 nitrogen and oxygen atoms in total. The molecule has 116 valence electrons. The van der Waals surface area contributed by atoms with E-state index in [9.17, 15) is 5.21 Å². The molecule has 0 unspecified atom stereocenters. The Labute approximate surface area is 130 Å². The van der Waals surface area contributed by atoms with E-state index in [0.717, 1.165) is 17.9 Å². The number of nitrogens with zero attached hydrogens (tertiary/aromatic N) is 2. The minimum absolute atomic E-state index is 0.456. The smallest absolute Gasteiger partial charge is 0.245 e. The lowest BCUT2D eigenvalue weighted by Crippen LogP contribution is -1.95. The Kier molecular flexibility index (Phi) is 5.77. The van der Waals surface area contributed by atoms with Crippen molar-refractivity contribution in [2.45, 2.75) is 20.3 Å². The van der Waals surface area contributed by atoms with Gasteiger partial charge in [0.1, 0.15) is 17.2 Å². The van der Waals surface area contributed by atoms with E-state index in [4.69, 9.17) is 9.47 Å². The van der Waals surface area contributed by atoms with Gasteiger partial charge in [-0.15, -0.1) is 0 Å². The molecule has 22 heavy (non-hydrogen) atoms. The Morgan fingerprint density at radius 1 is 0.909 bits per heavy atom. The third-order valence-electron chi connectivity index (χ3n) is 2.88. The van der Waals surface area contributed by atoms with Gasteiger partial charge in [0.05, 0.1) is 13.2 Å². The van der Waals surface area contributed by atoms with Crippen LogP contribution in [0.2, 0.25) is 0 Å². The number of ether oxygens (including phenoxy) is 2. The Hall–Kier alpha value is -2.56. The molecule has 0 saturated heterocycles. The van der Waals surface area contributed by atoms with Gasteiger partial charge in [0.15, 0.2) is 0 Å². The van der Waals surface area contributed by atoms with Crippen molar-refractivity contribution < 1.29 is 14.3 Å². The van der Waals surface area contributed by atoms with Gasteiger partial charge in [0, 0.05) is 17.2 Å². The maximum absolute atomic E-state index is 12.0. The lowest BCUT2D eigenvalue weighted by molar-refractivity contribution is -0.435. The van der Waals surface area contributed by atoms with Crippen LogP contribution in [0.1, 0.15) is 20.3 Å². The fourth-order valence-electron chi connectivity index (χ4n) is 1.83. The van der Waals surface area contributed by atoms with Crippen molar-refractivity contribution in [3.05, 3.63) is 53.7 Å². The molecule has 0 aliphatic rings. The molecule has 0 spiro atoms. The molecule has 0 radical (unpaired) electrons. The Morgan fingerprint density at radius 2 is 1.50 bits per heavy atom. The number of azo groups is 1. The normalized spacial score (nSPS) is 11.3. The Morgan fingerprint density at radius 3 is 2.09 bits per heavy atom. The zero-order valence-corrected chi connectivity index (χ0v) is 12.9. The highest BCUT2D eigenvalue weighted by molar-refractivity contribution is 5.41. The second-order valence-electron chi connectivity index (χ2n) is 4.64. The predicted octanol–water partition coefficient (Wildman–Crippen LogP) is 4.80. The lowest BCUT2D eigenvalue weighted by atomic mass is 10.3. The molecule has 2 rings (SSSR count). The van der Waals surface area contributed by atoms with Crippen LogP contribution in [-0.2, 0) is 0 Å². The molecule has 0 bridgehead atoms. The zero-order valence-electron chi connectivity index (χ0n) is 12.9. The molecule has 0 aliphatic heterocycles. The van der Waals surface area contributed by atoms with Gasteiger partial charge < -0.3 is 14.7 Å². The van der Waals surface area contributed by atoms with E-state index in [-0.39, 0.29) is 0 Å². The molecule has 2 aromatic carbocycles. The number of hydrogen-bond donors (Lipinski definition) is 0. The molecule has 0 fully saturated rings. The number of benzene rings is 2. The predicted molar refractivity (Wildman–Crippen MR) is 85.2 cm³/mol. The van der Waals surface area contributed by atoms with Gasteiger partial charge in [-0.25, -0.2) is 0 Å². The van der Waals surface area contributed by atoms with Crippen LogP contribution in [0, 0.1) is 5.21 Å². The molecular weight excluding hydrogens is 280 g/mol. The van der Waals surface area contributed by atoms with Gasteiger partial charge in [-0.2, -0.15) is 0 Å². The van der Waals surface area contributed by atoms with E-state index in [1.54, 1.807) is 48.5 Å². The van der Waals surface area contributed by atoms with Crippen LogP contribution in [-0.4, -0.2) is 18.1 Å².